The van der Waals surface area contributed by atoms with Crippen LogP contribution in [0.1, 0.15) is 33.6 Å². The number of nitrogens with one attached hydrogen (secondary N) is 3. The first-order chi connectivity index (χ1) is 12.9. The Labute approximate surface area is 161 Å². The summed E-state index contributed by atoms with van der Waals surface area (Å²) in [5.41, 5.74) is 5.35. The zero-order valence-electron chi connectivity index (χ0n) is 16.0. The molecule has 0 aliphatic carbocycles. The van der Waals surface area contributed by atoms with Gasteiger partial charge in [-0.15, -0.1) is 0 Å². The third kappa shape index (κ3) is 8.31. The van der Waals surface area contributed by atoms with Crippen molar-refractivity contribution in [2.45, 2.75) is 57.8 Å². The first-order valence-electron chi connectivity index (χ1n) is 8.66. The van der Waals surface area contributed by atoms with Gasteiger partial charge < -0.3 is 37.0 Å². The van der Waals surface area contributed by atoms with E-state index in [1.54, 1.807) is 13.8 Å². The van der Waals surface area contributed by atoms with Crippen LogP contribution in [0.3, 0.4) is 0 Å². The maximum Gasteiger partial charge on any atom is 0.326 e. The molecule has 0 aromatic rings. The van der Waals surface area contributed by atoms with Crippen molar-refractivity contribution in [3.05, 3.63) is 0 Å². The number of amides is 3. The SMILES string of the molecule is CCC(C)C(NC(=O)C(C)NC(=O)C(N)CO)C(=O)NC(CC(=O)O)C(=O)O. The fourth-order valence-electron chi connectivity index (χ4n) is 2.09. The average molecular weight is 404 g/mol. The molecule has 0 radical (unpaired) electrons. The molecule has 0 bridgehead atoms. The number of aliphatic hydroxyl groups excluding tert-OH is 1. The minimum Gasteiger partial charge on any atom is -0.481 e. The van der Waals surface area contributed by atoms with Crippen LogP contribution in [0.5, 0.6) is 0 Å². The molecular formula is C16H28N4O8. The van der Waals surface area contributed by atoms with E-state index in [-0.39, 0.29) is 0 Å². The van der Waals surface area contributed by atoms with Gasteiger partial charge in [0.1, 0.15) is 24.2 Å². The minimum atomic E-state index is -1.66. The second-order valence-corrected chi connectivity index (χ2v) is 6.39. The van der Waals surface area contributed by atoms with Gasteiger partial charge in [0, 0.05) is 0 Å². The Morgan fingerprint density at radius 2 is 1.50 bits per heavy atom. The quantitative estimate of drug-likeness (QED) is 0.181. The summed E-state index contributed by atoms with van der Waals surface area (Å²) in [6, 6.07) is -5.11. The van der Waals surface area contributed by atoms with E-state index >= 15 is 0 Å². The molecule has 0 aliphatic rings. The van der Waals surface area contributed by atoms with Crippen LogP contribution in [0.15, 0.2) is 0 Å². The number of hydrogen-bond acceptors (Lipinski definition) is 7. The molecule has 5 atom stereocenters. The lowest BCUT2D eigenvalue weighted by Crippen LogP contribution is -2.58. The number of hydrogen-bond donors (Lipinski definition) is 7. The van der Waals surface area contributed by atoms with E-state index in [9.17, 15) is 24.0 Å². The second-order valence-electron chi connectivity index (χ2n) is 6.39. The summed E-state index contributed by atoms with van der Waals surface area (Å²) in [4.78, 5) is 58.3. The van der Waals surface area contributed by atoms with Crippen molar-refractivity contribution in [1.82, 2.24) is 16.0 Å². The Morgan fingerprint density at radius 3 is 1.93 bits per heavy atom. The van der Waals surface area contributed by atoms with Gasteiger partial charge in [-0.1, -0.05) is 20.3 Å². The summed E-state index contributed by atoms with van der Waals surface area (Å²) in [5, 5.41) is 33.4. The van der Waals surface area contributed by atoms with Crippen molar-refractivity contribution >= 4 is 29.7 Å². The Bertz CT molecular complexity index is 597. The standard InChI is InChI=1S/C16H28N4O8/c1-4-7(2)12(15(26)19-10(16(27)28)5-11(22)23)20-13(24)8(3)18-14(25)9(17)6-21/h7-10,12,21H,4-6,17H2,1-3H3,(H,18,25)(H,19,26)(H,20,24)(H,22,23)(H,27,28). The summed E-state index contributed by atoms with van der Waals surface area (Å²) < 4.78 is 0. The molecule has 3 amide bonds. The predicted octanol–water partition coefficient (Wildman–Crippen LogP) is -2.61. The van der Waals surface area contributed by atoms with Crippen LogP contribution in [0, 0.1) is 5.92 Å². The molecule has 0 fully saturated rings. The van der Waals surface area contributed by atoms with Gasteiger partial charge in [0.2, 0.25) is 17.7 Å². The number of carbonyl (C=O) groups excluding carboxylic acids is 3. The van der Waals surface area contributed by atoms with Crippen molar-refractivity contribution in [1.29, 1.82) is 0 Å². The summed E-state index contributed by atoms with van der Waals surface area (Å²) in [5.74, 6) is -5.70. The lowest BCUT2D eigenvalue weighted by atomic mass is 9.97. The number of carboxylic acid groups (broad SMARTS) is 2. The van der Waals surface area contributed by atoms with Crippen molar-refractivity contribution in [2.75, 3.05) is 6.61 Å². The molecule has 0 aromatic carbocycles. The fraction of sp³-hybridized carbons (Fsp3) is 0.688. The van der Waals surface area contributed by atoms with Crippen LogP contribution in [-0.4, -0.2) is 75.8 Å². The van der Waals surface area contributed by atoms with E-state index in [0.717, 1.165) is 0 Å². The van der Waals surface area contributed by atoms with E-state index < -0.39 is 72.8 Å². The molecule has 8 N–H and O–H groups in total. The molecule has 0 rings (SSSR count). The molecular weight excluding hydrogens is 376 g/mol. The van der Waals surface area contributed by atoms with Crippen molar-refractivity contribution in [3.8, 4) is 0 Å². The molecule has 0 aliphatic heterocycles. The topological polar surface area (TPSA) is 208 Å². The maximum absolute atomic E-state index is 12.5. The highest BCUT2D eigenvalue weighted by molar-refractivity contribution is 5.94. The summed E-state index contributed by atoms with van der Waals surface area (Å²) in [7, 11) is 0. The van der Waals surface area contributed by atoms with E-state index in [2.05, 4.69) is 16.0 Å². The normalized spacial score (nSPS) is 16.0. The molecule has 5 unspecified atom stereocenters. The fourth-order valence-corrected chi connectivity index (χ4v) is 2.09. The van der Waals surface area contributed by atoms with E-state index in [0.29, 0.717) is 6.42 Å². The van der Waals surface area contributed by atoms with Crippen LogP contribution in [0.25, 0.3) is 0 Å². The zero-order chi connectivity index (χ0) is 22.0. The van der Waals surface area contributed by atoms with Crippen LogP contribution in [0.4, 0.5) is 0 Å². The van der Waals surface area contributed by atoms with Gasteiger partial charge in [0.25, 0.3) is 0 Å². The van der Waals surface area contributed by atoms with Crippen LogP contribution in [0.2, 0.25) is 0 Å². The van der Waals surface area contributed by atoms with E-state index in [1.807, 2.05) is 0 Å². The van der Waals surface area contributed by atoms with Gasteiger partial charge >= 0.3 is 11.9 Å². The number of carbonyl (C=O) groups is 5. The lowest BCUT2D eigenvalue weighted by molar-refractivity contribution is -0.147. The summed E-state index contributed by atoms with van der Waals surface area (Å²) in [6.07, 6.45) is -0.376. The first-order valence-corrected chi connectivity index (χ1v) is 8.66. The molecule has 0 saturated carbocycles. The monoisotopic (exact) mass is 404 g/mol. The van der Waals surface area contributed by atoms with Gasteiger partial charge in [-0.05, 0) is 12.8 Å². The number of aliphatic carboxylic acids is 2. The average Bonchev–Trinajstić information content (AvgIpc) is 2.62. The Balaban J connectivity index is 5.18. The van der Waals surface area contributed by atoms with Gasteiger partial charge in [-0.3, -0.25) is 19.2 Å². The van der Waals surface area contributed by atoms with Gasteiger partial charge in [0.15, 0.2) is 0 Å². The van der Waals surface area contributed by atoms with Crippen molar-refractivity contribution in [3.63, 3.8) is 0 Å². The third-order valence-electron chi connectivity index (χ3n) is 4.07. The van der Waals surface area contributed by atoms with E-state index in [1.165, 1.54) is 6.92 Å². The number of aliphatic hydroxyl groups is 1. The largest absolute Gasteiger partial charge is 0.481 e. The summed E-state index contributed by atoms with van der Waals surface area (Å²) in [6.45, 7) is 4.11. The van der Waals surface area contributed by atoms with Gasteiger partial charge in [-0.2, -0.15) is 0 Å². The van der Waals surface area contributed by atoms with Crippen molar-refractivity contribution in [2.24, 2.45) is 11.7 Å². The first kappa shape index (κ1) is 25.3. The third-order valence-corrected chi connectivity index (χ3v) is 4.07. The van der Waals surface area contributed by atoms with E-state index in [4.69, 9.17) is 21.1 Å². The molecule has 0 spiro atoms. The molecule has 0 saturated heterocycles. The highest BCUT2D eigenvalue weighted by Gasteiger charge is 2.32. The molecule has 0 heterocycles. The number of carboxylic acids is 2. The zero-order valence-corrected chi connectivity index (χ0v) is 16.0. The van der Waals surface area contributed by atoms with Crippen LogP contribution < -0.4 is 21.7 Å². The highest BCUT2D eigenvalue weighted by atomic mass is 16.4. The molecule has 160 valence electrons. The number of nitrogens with two attached hydrogens (primary N) is 1. The van der Waals surface area contributed by atoms with Crippen molar-refractivity contribution < 1.29 is 39.3 Å². The lowest BCUT2D eigenvalue weighted by Gasteiger charge is -2.26. The molecule has 0 aromatic heterocycles. The Hall–Kier alpha value is -2.73. The minimum absolute atomic E-state index is 0.411. The summed E-state index contributed by atoms with van der Waals surface area (Å²) >= 11 is 0. The van der Waals surface area contributed by atoms with Gasteiger partial charge in [0.05, 0.1) is 13.0 Å². The van der Waals surface area contributed by atoms with Crippen LogP contribution >= 0.6 is 0 Å². The molecule has 12 nitrogen and oxygen atoms in total. The Kier molecular flexibility index (Phi) is 10.7. The Morgan fingerprint density at radius 1 is 0.929 bits per heavy atom. The maximum atomic E-state index is 12.5. The van der Waals surface area contributed by atoms with Gasteiger partial charge in [-0.25, -0.2) is 4.79 Å². The smallest absolute Gasteiger partial charge is 0.326 e. The highest BCUT2D eigenvalue weighted by Crippen LogP contribution is 2.09. The second kappa shape index (κ2) is 11.9. The number of rotatable bonds is 12. The molecule has 28 heavy (non-hydrogen) atoms. The van der Waals surface area contributed by atoms with Crippen LogP contribution in [-0.2, 0) is 24.0 Å². The molecule has 12 heteroatoms. The predicted molar refractivity (Wildman–Crippen MR) is 95.9 cm³/mol.